The number of hydrogen-bond donors (Lipinski definition) is 1. The summed E-state index contributed by atoms with van der Waals surface area (Å²) in [7, 11) is 0. The summed E-state index contributed by atoms with van der Waals surface area (Å²) in [6.45, 7) is 2.97. The van der Waals surface area contributed by atoms with Gasteiger partial charge in [-0.25, -0.2) is 9.69 Å². The second-order valence-corrected chi connectivity index (χ2v) is 9.69. The number of nitrogens with one attached hydrogen (secondary N) is 1. The van der Waals surface area contributed by atoms with Gasteiger partial charge in [0.25, 0.3) is 11.8 Å². The lowest BCUT2D eigenvalue weighted by molar-refractivity contribution is -0.122. The third-order valence-electron chi connectivity index (χ3n) is 6.34. The highest BCUT2D eigenvalue weighted by Gasteiger charge is 2.37. The van der Waals surface area contributed by atoms with Crippen molar-refractivity contribution in [1.82, 2.24) is 5.32 Å². The van der Waals surface area contributed by atoms with Gasteiger partial charge in [0.05, 0.1) is 12.3 Å². The number of imide groups is 2. The summed E-state index contributed by atoms with van der Waals surface area (Å²) >= 11 is 5.95. The molecule has 4 amide bonds. The lowest BCUT2D eigenvalue weighted by Crippen LogP contribution is -2.54. The molecule has 9 heteroatoms. The number of ether oxygens (including phenoxy) is 3. The number of halogens is 1. The van der Waals surface area contributed by atoms with Crippen molar-refractivity contribution in [2.24, 2.45) is 0 Å². The molecule has 1 heterocycles. The SMILES string of the molecule is CCOc1cc(COc2ccccc2/C=C2/C(=O)NC(=O)N(c3ccc(Cl)cc3)C2=O)ccc1OCc1ccccc1. The summed E-state index contributed by atoms with van der Waals surface area (Å²) in [6.07, 6.45) is 1.41. The number of hydrogen-bond acceptors (Lipinski definition) is 6. The fourth-order valence-electron chi connectivity index (χ4n) is 4.30. The third-order valence-corrected chi connectivity index (χ3v) is 6.60. The van der Waals surface area contributed by atoms with Gasteiger partial charge in [-0.15, -0.1) is 0 Å². The van der Waals surface area contributed by atoms with Crippen molar-refractivity contribution in [1.29, 1.82) is 0 Å². The maximum atomic E-state index is 13.3. The number of rotatable bonds is 10. The number of urea groups is 1. The zero-order chi connectivity index (χ0) is 29.5. The Labute approximate surface area is 248 Å². The first-order valence-corrected chi connectivity index (χ1v) is 13.6. The maximum Gasteiger partial charge on any atom is 0.335 e. The van der Waals surface area contributed by atoms with E-state index in [2.05, 4.69) is 5.32 Å². The molecule has 0 spiro atoms. The molecule has 5 rings (SSSR count). The second kappa shape index (κ2) is 13.1. The van der Waals surface area contributed by atoms with E-state index in [-0.39, 0.29) is 17.9 Å². The average molecular weight is 583 g/mol. The molecule has 0 aliphatic carbocycles. The normalized spacial score (nSPS) is 14.1. The number of benzene rings is 4. The van der Waals surface area contributed by atoms with Crippen LogP contribution >= 0.6 is 11.6 Å². The predicted octanol–water partition coefficient (Wildman–Crippen LogP) is 6.56. The van der Waals surface area contributed by atoms with Crippen LogP contribution in [0.25, 0.3) is 6.08 Å². The highest BCUT2D eigenvalue weighted by atomic mass is 35.5. The topological polar surface area (TPSA) is 94.2 Å². The molecule has 0 radical (unpaired) electrons. The monoisotopic (exact) mass is 582 g/mol. The lowest BCUT2D eigenvalue weighted by Gasteiger charge is -2.26. The molecule has 1 aliphatic heterocycles. The third kappa shape index (κ3) is 6.62. The van der Waals surface area contributed by atoms with Crippen molar-refractivity contribution in [2.75, 3.05) is 11.5 Å². The Morgan fingerprint density at radius 1 is 0.738 bits per heavy atom. The first-order chi connectivity index (χ1) is 20.4. The first kappa shape index (κ1) is 28.4. The molecule has 1 fully saturated rings. The smallest absolute Gasteiger partial charge is 0.335 e. The van der Waals surface area contributed by atoms with E-state index in [4.69, 9.17) is 25.8 Å². The van der Waals surface area contributed by atoms with E-state index in [1.165, 1.54) is 18.2 Å². The molecule has 8 nitrogen and oxygen atoms in total. The van der Waals surface area contributed by atoms with E-state index in [0.717, 1.165) is 16.0 Å². The van der Waals surface area contributed by atoms with E-state index in [0.29, 0.717) is 41.0 Å². The molecule has 0 aromatic heterocycles. The molecule has 4 aromatic carbocycles. The minimum absolute atomic E-state index is 0.189. The number of barbiturate groups is 1. The van der Waals surface area contributed by atoms with Crippen LogP contribution in [0.5, 0.6) is 17.2 Å². The van der Waals surface area contributed by atoms with Gasteiger partial charge >= 0.3 is 6.03 Å². The van der Waals surface area contributed by atoms with Crippen molar-refractivity contribution in [2.45, 2.75) is 20.1 Å². The first-order valence-electron chi connectivity index (χ1n) is 13.2. The molecular formula is C33H27ClN2O6. The second-order valence-electron chi connectivity index (χ2n) is 9.25. The van der Waals surface area contributed by atoms with Crippen molar-refractivity contribution < 1.29 is 28.6 Å². The Morgan fingerprint density at radius 3 is 2.19 bits per heavy atom. The zero-order valence-electron chi connectivity index (χ0n) is 22.7. The van der Waals surface area contributed by atoms with Crippen LogP contribution in [0.15, 0.2) is 103 Å². The van der Waals surface area contributed by atoms with Crippen LogP contribution in [-0.4, -0.2) is 24.5 Å². The largest absolute Gasteiger partial charge is 0.490 e. The molecule has 4 aromatic rings. The molecular weight excluding hydrogens is 556 g/mol. The highest BCUT2D eigenvalue weighted by Crippen LogP contribution is 2.31. The summed E-state index contributed by atoms with van der Waals surface area (Å²) in [5.41, 5.74) is 2.45. The van der Waals surface area contributed by atoms with E-state index >= 15 is 0 Å². The highest BCUT2D eigenvalue weighted by molar-refractivity contribution is 6.39. The van der Waals surface area contributed by atoms with Crippen LogP contribution in [0.4, 0.5) is 10.5 Å². The van der Waals surface area contributed by atoms with E-state index in [1.807, 2.05) is 55.5 Å². The minimum Gasteiger partial charge on any atom is -0.490 e. The number of anilines is 1. The lowest BCUT2D eigenvalue weighted by atomic mass is 10.1. The van der Waals surface area contributed by atoms with Gasteiger partial charge in [0.2, 0.25) is 0 Å². The van der Waals surface area contributed by atoms with Gasteiger partial charge in [0, 0.05) is 10.6 Å². The van der Waals surface area contributed by atoms with Crippen LogP contribution in [0.1, 0.15) is 23.6 Å². The predicted molar refractivity (Wildman–Crippen MR) is 160 cm³/mol. The fourth-order valence-corrected chi connectivity index (χ4v) is 4.42. The Bertz CT molecular complexity index is 1640. The molecule has 1 N–H and O–H groups in total. The van der Waals surface area contributed by atoms with Gasteiger partial charge in [-0.2, -0.15) is 0 Å². The van der Waals surface area contributed by atoms with Crippen LogP contribution < -0.4 is 24.4 Å². The van der Waals surface area contributed by atoms with Crippen LogP contribution in [0, 0.1) is 0 Å². The summed E-state index contributed by atoms with van der Waals surface area (Å²) in [4.78, 5) is 39.4. The Hall–Kier alpha value is -5.08. The molecule has 42 heavy (non-hydrogen) atoms. The molecule has 0 atom stereocenters. The van der Waals surface area contributed by atoms with Crippen molar-refractivity contribution in [3.05, 3.63) is 124 Å². The minimum atomic E-state index is -0.838. The summed E-state index contributed by atoms with van der Waals surface area (Å²) in [6, 6.07) is 27.8. The summed E-state index contributed by atoms with van der Waals surface area (Å²) in [5, 5.41) is 2.67. The molecule has 0 bridgehead atoms. The van der Waals surface area contributed by atoms with Crippen LogP contribution in [-0.2, 0) is 22.8 Å². The molecule has 1 aliphatic rings. The van der Waals surface area contributed by atoms with Gasteiger partial charge in [-0.1, -0.05) is 66.2 Å². The number of carbonyl (C=O) groups is 3. The standard InChI is InChI=1S/C33H27ClN2O6/c1-2-40-30-18-23(12-17-29(30)42-20-22-8-4-3-5-9-22)21-41-28-11-7-6-10-24(28)19-27-31(37)35-33(39)36(32(27)38)26-15-13-25(34)14-16-26/h3-19H,2,20-21H2,1H3,(H,35,37,39)/b27-19-. The van der Waals surface area contributed by atoms with Gasteiger partial charge in [0.1, 0.15) is 24.5 Å². The quantitative estimate of drug-likeness (QED) is 0.168. The van der Waals surface area contributed by atoms with E-state index in [9.17, 15) is 14.4 Å². The van der Waals surface area contributed by atoms with Crippen molar-refractivity contribution >= 4 is 41.2 Å². The van der Waals surface area contributed by atoms with Crippen molar-refractivity contribution in [3.63, 3.8) is 0 Å². The number of nitrogens with zero attached hydrogens (tertiary/aromatic N) is 1. The molecule has 0 unspecified atom stereocenters. The van der Waals surface area contributed by atoms with Gasteiger partial charge in [-0.3, -0.25) is 14.9 Å². The van der Waals surface area contributed by atoms with Gasteiger partial charge < -0.3 is 14.2 Å². The number of para-hydroxylation sites is 1. The van der Waals surface area contributed by atoms with E-state index in [1.54, 1.807) is 36.4 Å². The zero-order valence-corrected chi connectivity index (χ0v) is 23.5. The molecule has 1 saturated heterocycles. The van der Waals surface area contributed by atoms with Crippen molar-refractivity contribution in [3.8, 4) is 17.2 Å². The Kier molecular flexibility index (Phi) is 8.84. The van der Waals surface area contributed by atoms with Crippen LogP contribution in [0.3, 0.4) is 0 Å². The molecule has 0 saturated carbocycles. The Morgan fingerprint density at radius 2 is 1.43 bits per heavy atom. The maximum absolute atomic E-state index is 13.3. The van der Waals surface area contributed by atoms with Gasteiger partial charge in [0.15, 0.2) is 11.5 Å². The van der Waals surface area contributed by atoms with Crippen LogP contribution in [0.2, 0.25) is 5.02 Å². The van der Waals surface area contributed by atoms with E-state index < -0.39 is 17.8 Å². The summed E-state index contributed by atoms with van der Waals surface area (Å²) < 4.78 is 17.9. The van der Waals surface area contributed by atoms with Gasteiger partial charge in [-0.05, 0) is 66.6 Å². The summed E-state index contributed by atoms with van der Waals surface area (Å²) in [5.74, 6) is 0.117. The average Bonchev–Trinajstić information content (AvgIpc) is 3.00. The molecule has 212 valence electrons. The number of carbonyl (C=O) groups excluding carboxylic acids is 3. The fraction of sp³-hybridized carbons (Fsp3) is 0.121. The Balaban J connectivity index is 1.34. The number of amides is 4.